The lowest BCUT2D eigenvalue weighted by Gasteiger charge is -2.20. The zero-order valence-electron chi connectivity index (χ0n) is 19.1. The minimum absolute atomic E-state index is 0.146. The van der Waals surface area contributed by atoms with Gasteiger partial charge in [0.1, 0.15) is 10.8 Å². The molecule has 34 heavy (non-hydrogen) atoms. The van der Waals surface area contributed by atoms with Crippen LogP contribution in [0.2, 0.25) is 0 Å². The number of hydrogen-bond acceptors (Lipinski definition) is 7. The highest BCUT2D eigenvalue weighted by molar-refractivity contribution is 7.99. The number of nitrogens with zero attached hydrogens (tertiary/aromatic N) is 5. The Labute approximate surface area is 201 Å². The molecule has 10 heteroatoms. The number of rotatable bonds is 8. The van der Waals surface area contributed by atoms with Gasteiger partial charge in [-0.2, -0.15) is 5.10 Å². The number of aromatic nitrogens is 4. The summed E-state index contributed by atoms with van der Waals surface area (Å²) >= 11 is 1.28. The van der Waals surface area contributed by atoms with E-state index in [9.17, 15) is 9.59 Å². The quantitative estimate of drug-likeness (QED) is 0.388. The smallest absolute Gasteiger partial charge is 0.253 e. The fraction of sp³-hybridized carbons (Fsp3) is 0.208. The summed E-state index contributed by atoms with van der Waals surface area (Å²) < 4.78 is 6.98. The van der Waals surface area contributed by atoms with Gasteiger partial charge in [0.15, 0.2) is 5.82 Å². The van der Waals surface area contributed by atoms with Crippen molar-refractivity contribution < 1.29 is 14.0 Å². The number of amides is 2. The molecule has 9 nitrogen and oxygen atoms in total. The third-order valence-electron chi connectivity index (χ3n) is 5.08. The van der Waals surface area contributed by atoms with Crippen LogP contribution in [0.3, 0.4) is 0 Å². The molecule has 0 fully saturated rings. The number of hydrogen-bond donors (Lipinski definition) is 1. The highest BCUT2D eigenvalue weighted by atomic mass is 32.2. The molecular weight excluding hydrogens is 452 g/mol. The number of carbonyl (C=O) groups is 2. The van der Waals surface area contributed by atoms with Crippen molar-refractivity contribution in [3.63, 3.8) is 0 Å². The summed E-state index contributed by atoms with van der Waals surface area (Å²) in [6, 6.07) is 16.1. The van der Waals surface area contributed by atoms with Crippen molar-refractivity contribution in [2.45, 2.75) is 25.4 Å². The van der Waals surface area contributed by atoms with Crippen LogP contribution < -0.4 is 10.2 Å². The summed E-state index contributed by atoms with van der Waals surface area (Å²) in [5.41, 5.74) is 2.80. The number of aryl methyl sites for hydroxylation is 2. The second-order valence-corrected chi connectivity index (χ2v) is 8.58. The number of furan rings is 1. The molecule has 0 unspecified atom stereocenters. The molecule has 2 amide bonds. The number of nitrogens with one attached hydrogen (secondary N) is 1. The average Bonchev–Trinajstić information content (AvgIpc) is 3.49. The Morgan fingerprint density at radius 3 is 2.59 bits per heavy atom. The number of anilines is 1. The van der Waals surface area contributed by atoms with Gasteiger partial charge in [0.25, 0.3) is 5.91 Å². The summed E-state index contributed by atoms with van der Waals surface area (Å²) in [6.45, 7) is 4.14. The summed E-state index contributed by atoms with van der Waals surface area (Å²) in [4.78, 5) is 27.1. The first-order valence-electron chi connectivity index (χ1n) is 10.6. The molecule has 1 aromatic carbocycles. The summed E-state index contributed by atoms with van der Waals surface area (Å²) in [6.07, 6.45) is 1.55. The molecule has 1 N–H and O–H groups in total. The van der Waals surface area contributed by atoms with Gasteiger partial charge in [-0.25, -0.2) is 4.68 Å². The first-order chi connectivity index (χ1) is 16.4. The second kappa shape index (κ2) is 10.3. The van der Waals surface area contributed by atoms with E-state index in [-0.39, 0.29) is 24.1 Å². The standard InChI is InChI=1S/C24H24N6O3S/c1-16-13-17(2)30(28-16)21-10-11-22(27-26-21)34-15-23(31)29(3)20-9-5-4-8-19(20)24(32)25-14-18-7-6-12-33-18/h4-13H,14-15H2,1-3H3,(H,25,32). The van der Waals surface area contributed by atoms with Crippen molar-refractivity contribution in [1.82, 2.24) is 25.3 Å². The Hall–Kier alpha value is -3.92. The van der Waals surface area contributed by atoms with Gasteiger partial charge >= 0.3 is 0 Å². The lowest BCUT2D eigenvalue weighted by Crippen LogP contribution is -2.31. The lowest BCUT2D eigenvalue weighted by molar-refractivity contribution is -0.115. The molecule has 174 valence electrons. The summed E-state index contributed by atoms with van der Waals surface area (Å²) in [5.74, 6) is 0.961. The molecule has 3 aromatic heterocycles. The first-order valence-corrected chi connectivity index (χ1v) is 11.6. The molecule has 3 heterocycles. The van der Waals surface area contributed by atoms with E-state index in [4.69, 9.17) is 4.42 Å². The molecular formula is C24H24N6O3S. The molecule has 4 rings (SSSR count). The predicted molar refractivity (Wildman–Crippen MR) is 129 cm³/mol. The average molecular weight is 477 g/mol. The van der Waals surface area contributed by atoms with Gasteiger partial charge in [0.2, 0.25) is 5.91 Å². The van der Waals surface area contributed by atoms with Gasteiger partial charge in [0.05, 0.1) is 35.5 Å². The molecule has 0 bridgehead atoms. The molecule has 0 aliphatic carbocycles. The van der Waals surface area contributed by atoms with Crippen LogP contribution in [0.25, 0.3) is 5.82 Å². The van der Waals surface area contributed by atoms with E-state index in [0.29, 0.717) is 27.9 Å². The van der Waals surface area contributed by atoms with Crippen molar-refractivity contribution in [2.75, 3.05) is 17.7 Å². The third-order valence-corrected chi connectivity index (χ3v) is 5.99. The van der Waals surface area contributed by atoms with E-state index in [2.05, 4.69) is 20.6 Å². The van der Waals surface area contributed by atoms with Gasteiger partial charge in [-0.1, -0.05) is 23.9 Å². The fourth-order valence-electron chi connectivity index (χ4n) is 3.36. The third kappa shape index (κ3) is 5.34. The summed E-state index contributed by atoms with van der Waals surface area (Å²) in [7, 11) is 1.65. The van der Waals surface area contributed by atoms with Crippen LogP contribution in [0, 0.1) is 13.8 Å². The molecule has 0 atom stereocenters. The maximum Gasteiger partial charge on any atom is 0.253 e. The van der Waals surface area contributed by atoms with E-state index in [1.165, 1.54) is 16.7 Å². The largest absolute Gasteiger partial charge is 0.467 e. The Balaban J connectivity index is 1.38. The predicted octanol–water partition coefficient (Wildman–Crippen LogP) is 3.56. The fourth-order valence-corrected chi connectivity index (χ4v) is 4.09. The van der Waals surface area contributed by atoms with Gasteiger partial charge in [0, 0.05) is 12.7 Å². The van der Waals surface area contributed by atoms with Gasteiger partial charge in [-0.15, -0.1) is 10.2 Å². The Kier molecular flexibility index (Phi) is 7.07. The zero-order chi connectivity index (χ0) is 24.1. The topological polar surface area (TPSA) is 106 Å². The van der Waals surface area contributed by atoms with E-state index in [1.54, 1.807) is 54.4 Å². The molecule has 0 aliphatic heterocycles. The molecule has 0 radical (unpaired) electrons. The van der Waals surface area contributed by atoms with Crippen LogP contribution in [0.1, 0.15) is 27.5 Å². The molecule has 0 aliphatic rings. The van der Waals surface area contributed by atoms with Crippen molar-refractivity contribution in [1.29, 1.82) is 0 Å². The van der Waals surface area contributed by atoms with Gasteiger partial charge < -0.3 is 14.6 Å². The highest BCUT2D eigenvalue weighted by Gasteiger charge is 2.19. The zero-order valence-corrected chi connectivity index (χ0v) is 19.9. The highest BCUT2D eigenvalue weighted by Crippen LogP contribution is 2.22. The Bertz CT molecular complexity index is 1280. The van der Waals surface area contributed by atoms with Gasteiger partial charge in [-0.05, 0) is 56.3 Å². The molecule has 0 spiro atoms. The number of thioether (sulfide) groups is 1. The molecule has 4 aromatic rings. The second-order valence-electron chi connectivity index (χ2n) is 7.59. The van der Waals surface area contributed by atoms with Gasteiger partial charge in [-0.3, -0.25) is 9.59 Å². The number of carbonyl (C=O) groups excluding carboxylic acids is 2. The first kappa shape index (κ1) is 23.2. The van der Waals surface area contributed by atoms with E-state index < -0.39 is 0 Å². The minimum Gasteiger partial charge on any atom is -0.467 e. The van der Waals surface area contributed by atoms with Crippen molar-refractivity contribution in [2.24, 2.45) is 0 Å². The van der Waals surface area contributed by atoms with E-state index in [1.807, 2.05) is 32.0 Å². The van der Waals surface area contributed by atoms with Crippen LogP contribution in [0.5, 0.6) is 0 Å². The van der Waals surface area contributed by atoms with Crippen LogP contribution in [-0.4, -0.2) is 44.6 Å². The lowest BCUT2D eigenvalue weighted by atomic mass is 10.1. The van der Waals surface area contributed by atoms with Crippen LogP contribution in [0.15, 0.2) is 70.3 Å². The van der Waals surface area contributed by atoms with Crippen LogP contribution in [0.4, 0.5) is 5.69 Å². The van der Waals surface area contributed by atoms with Crippen LogP contribution in [-0.2, 0) is 11.3 Å². The van der Waals surface area contributed by atoms with Crippen LogP contribution >= 0.6 is 11.8 Å². The van der Waals surface area contributed by atoms with Crippen molar-refractivity contribution in [3.8, 4) is 5.82 Å². The van der Waals surface area contributed by atoms with Crippen molar-refractivity contribution >= 4 is 29.3 Å². The number of para-hydroxylation sites is 1. The molecule has 0 saturated carbocycles. The van der Waals surface area contributed by atoms with E-state index >= 15 is 0 Å². The molecule has 0 saturated heterocycles. The summed E-state index contributed by atoms with van der Waals surface area (Å²) in [5, 5.41) is 16.3. The maximum atomic E-state index is 12.9. The maximum absolute atomic E-state index is 12.9. The Morgan fingerprint density at radius 1 is 1.09 bits per heavy atom. The normalized spacial score (nSPS) is 10.8. The Morgan fingerprint density at radius 2 is 1.91 bits per heavy atom. The number of benzene rings is 1. The van der Waals surface area contributed by atoms with E-state index in [0.717, 1.165) is 11.4 Å². The van der Waals surface area contributed by atoms with Crippen molar-refractivity contribution in [3.05, 3.63) is 83.6 Å². The minimum atomic E-state index is -0.287. The SMILES string of the molecule is Cc1cc(C)n(-c2ccc(SCC(=O)N(C)c3ccccc3C(=O)NCc3ccco3)nn2)n1. The monoisotopic (exact) mass is 476 g/mol.